The molecule has 64 valence electrons. The Balaban J connectivity index is 2.99. The Morgan fingerprint density at radius 3 is 2.77 bits per heavy atom. The second-order valence-electron chi connectivity index (χ2n) is 2.49. The summed E-state index contributed by atoms with van der Waals surface area (Å²) >= 11 is 0. The van der Waals surface area contributed by atoms with Gasteiger partial charge >= 0.3 is 0 Å². The lowest BCUT2D eigenvalue weighted by molar-refractivity contribution is 0.574. The predicted molar refractivity (Wildman–Crippen MR) is 40.8 cm³/mol. The van der Waals surface area contributed by atoms with Gasteiger partial charge in [-0.2, -0.15) is 5.26 Å². The first kappa shape index (κ1) is 7.74. The predicted octanol–water partition coefficient (Wildman–Crippen LogP) is 2.58. The summed E-state index contributed by atoms with van der Waals surface area (Å²) in [6, 6.07) is 3.65. The van der Waals surface area contributed by atoms with Crippen molar-refractivity contribution in [1.82, 2.24) is 0 Å². The molecule has 0 spiro atoms. The van der Waals surface area contributed by atoms with E-state index in [-0.39, 0.29) is 16.5 Å². The lowest BCUT2D eigenvalue weighted by Gasteiger charge is -1.95. The van der Waals surface area contributed by atoms with Crippen molar-refractivity contribution in [2.24, 2.45) is 0 Å². The fourth-order valence-corrected chi connectivity index (χ4v) is 1.16. The average molecular weight is 179 g/mol. The van der Waals surface area contributed by atoms with Crippen molar-refractivity contribution in [3.8, 4) is 6.07 Å². The van der Waals surface area contributed by atoms with E-state index in [1.165, 1.54) is 12.3 Å². The van der Waals surface area contributed by atoms with Crippen molar-refractivity contribution in [2.45, 2.75) is 0 Å². The maximum atomic E-state index is 13.0. The Morgan fingerprint density at radius 1 is 1.31 bits per heavy atom. The van der Waals surface area contributed by atoms with Crippen LogP contribution >= 0.6 is 0 Å². The summed E-state index contributed by atoms with van der Waals surface area (Å²) < 4.78 is 30.7. The average Bonchev–Trinajstić information content (AvgIpc) is 2.53. The first-order valence-corrected chi connectivity index (χ1v) is 3.49. The van der Waals surface area contributed by atoms with Crippen molar-refractivity contribution < 1.29 is 13.2 Å². The molecule has 2 rings (SSSR count). The van der Waals surface area contributed by atoms with Crippen molar-refractivity contribution in [2.75, 3.05) is 0 Å². The molecule has 0 aliphatic rings. The van der Waals surface area contributed by atoms with E-state index < -0.39 is 11.6 Å². The number of hydrogen-bond donors (Lipinski definition) is 0. The summed E-state index contributed by atoms with van der Waals surface area (Å²) in [6.45, 7) is 0. The normalized spacial score (nSPS) is 10.2. The van der Waals surface area contributed by atoms with E-state index >= 15 is 0 Å². The van der Waals surface area contributed by atoms with Gasteiger partial charge in [0.2, 0.25) is 0 Å². The third-order valence-corrected chi connectivity index (χ3v) is 1.75. The molecule has 0 radical (unpaired) electrons. The Kier molecular flexibility index (Phi) is 1.52. The van der Waals surface area contributed by atoms with Crippen molar-refractivity contribution in [3.63, 3.8) is 0 Å². The van der Waals surface area contributed by atoms with Crippen molar-refractivity contribution >= 4 is 11.0 Å². The fraction of sp³-hybridized carbons (Fsp3) is 0. The van der Waals surface area contributed by atoms with E-state index in [0.29, 0.717) is 6.07 Å². The zero-order valence-electron chi connectivity index (χ0n) is 6.34. The quantitative estimate of drug-likeness (QED) is 0.623. The molecular weight excluding hydrogens is 176 g/mol. The summed E-state index contributed by atoms with van der Waals surface area (Å²) in [5, 5.41) is 8.68. The molecule has 0 amide bonds. The molecule has 0 aliphatic heterocycles. The van der Waals surface area contributed by atoms with E-state index in [1.54, 1.807) is 6.07 Å². The first-order valence-electron chi connectivity index (χ1n) is 3.49. The highest BCUT2D eigenvalue weighted by atomic mass is 19.1. The van der Waals surface area contributed by atoms with Gasteiger partial charge in [-0.05, 0) is 6.07 Å². The van der Waals surface area contributed by atoms with E-state index in [2.05, 4.69) is 0 Å². The highest BCUT2D eigenvalue weighted by molar-refractivity contribution is 5.83. The number of hydrogen-bond acceptors (Lipinski definition) is 2. The Hall–Kier alpha value is -1.89. The molecule has 13 heavy (non-hydrogen) atoms. The molecule has 0 bridgehead atoms. The highest BCUT2D eigenvalue weighted by Crippen LogP contribution is 2.24. The molecule has 0 saturated heterocycles. The molecule has 0 saturated carbocycles. The standard InChI is InChI=1S/C9H3F2NO/c10-7-3-8(11)6(4-12)9-5(7)1-2-13-9/h1-3H. The number of nitrogens with zero attached hydrogens (tertiary/aromatic N) is 1. The summed E-state index contributed by atoms with van der Waals surface area (Å²) in [4.78, 5) is 0. The Bertz CT molecular complexity index is 510. The van der Waals surface area contributed by atoms with Gasteiger partial charge < -0.3 is 4.42 Å². The second kappa shape index (κ2) is 2.56. The van der Waals surface area contributed by atoms with Crippen LogP contribution in [0.4, 0.5) is 8.78 Å². The minimum atomic E-state index is -0.901. The number of fused-ring (bicyclic) bond motifs is 1. The van der Waals surface area contributed by atoms with Crippen LogP contribution in [0.3, 0.4) is 0 Å². The largest absolute Gasteiger partial charge is 0.463 e. The molecule has 4 heteroatoms. The van der Waals surface area contributed by atoms with Gasteiger partial charge in [-0.25, -0.2) is 8.78 Å². The van der Waals surface area contributed by atoms with Gasteiger partial charge in [0.15, 0.2) is 5.58 Å². The van der Waals surface area contributed by atoms with Crippen molar-refractivity contribution in [3.05, 3.63) is 35.6 Å². The van der Waals surface area contributed by atoms with E-state index in [4.69, 9.17) is 9.68 Å². The van der Waals surface area contributed by atoms with E-state index in [1.807, 2.05) is 0 Å². The summed E-state index contributed by atoms with van der Waals surface area (Å²) in [7, 11) is 0. The summed E-state index contributed by atoms with van der Waals surface area (Å²) in [5.74, 6) is -1.62. The van der Waals surface area contributed by atoms with Gasteiger partial charge in [-0.3, -0.25) is 0 Å². The zero-order chi connectivity index (χ0) is 9.42. The van der Waals surface area contributed by atoms with Crippen LogP contribution in [0.1, 0.15) is 5.56 Å². The molecule has 0 N–H and O–H groups in total. The lowest BCUT2D eigenvalue weighted by atomic mass is 10.1. The molecule has 1 aromatic carbocycles. The van der Waals surface area contributed by atoms with Crippen LogP contribution in [0.25, 0.3) is 11.0 Å². The van der Waals surface area contributed by atoms with Crippen LogP contribution in [-0.4, -0.2) is 0 Å². The van der Waals surface area contributed by atoms with Gasteiger partial charge in [0.1, 0.15) is 23.3 Å². The number of benzene rings is 1. The molecule has 0 unspecified atom stereocenters. The number of rotatable bonds is 0. The first-order chi connectivity index (χ1) is 6.24. The monoisotopic (exact) mass is 179 g/mol. The van der Waals surface area contributed by atoms with Gasteiger partial charge in [0.25, 0.3) is 0 Å². The van der Waals surface area contributed by atoms with Crippen LogP contribution in [0.5, 0.6) is 0 Å². The van der Waals surface area contributed by atoms with Crippen LogP contribution in [0.15, 0.2) is 22.8 Å². The maximum absolute atomic E-state index is 13.0. The Morgan fingerprint density at radius 2 is 2.08 bits per heavy atom. The maximum Gasteiger partial charge on any atom is 0.157 e. The van der Waals surface area contributed by atoms with Crippen molar-refractivity contribution in [1.29, 1.82) is 5.26 Å². The van der Waals surface area contributed by atoms with Gasteiger partial charge in [0, 0.05) is 6.07 Å². The molecule has 2 nitrogen and oxygen atoms in total. The van der Waals surface area contributed by atoms with Gasteiger partial charge in [-0.1, -0.05) is 0 Å². The SMILES string of the molecule is N#Cc1c(F)cc(F)c2ccoc12. The third kappa shape index (κ3) is 0.975. The van der Waals surface area contributed by atoms with Crippen LogP contribution in [-0.2, 0) is 0 Å². The van der Waals surface area contributed by atoms with Crippen LogP contribution < -0.4 is 0 Å². The lowest BCUT2D eigenvalue weighted by Crippen LogP contribution is -1.87. The molecular formula is C9H3F2NO. The minimum absolute atomic E-state index is 0.0417. The number of nitriles is 1. The van der Waals surface area contributed by atoms with Crippen LogP contribution in [0, 0.1) is 23.0 Å². The number of furan rings is 1. The minimum Gasteiger partial charge on any atom is -0.463 e. The van der Waals surface area contributed by atoms with Gasteiger partial charge in [-0.15, -0.1) is 0 Å². The molecule has 1 aromatic heterocycles. The fourth-order valence-electron chi connectivity index (χ4n) is 1.16. The molecule has 0 aliphatic carbocycles. The highest BCUT2D eigenvalue weighted by Gasteiger charge is 2.14. The smallest absolute Gasteiger partial charge is 0.157 e. The third-order valence-electron chi connectivity index (χ3n) is 1.75. The molecule has 0 atom stereocenters. The Labute approximate surface area is 72.0 Å². The van der Waals surface area contributed by atoms with E-state index in [9.17, 15) is 8.78 Å². The molecule has 2 aromatic rings. The number of halogens is 2. The molecule has 0 fully saturated rings. The summed E-state index contributed by atoms with van der Waals surface area (Å²) in [6.07, 6.45) is 1.22. The van der Waals surface area contributed by atoms with Crippen LogP contribution in [0.2, 0.25) is 0 Å². The topological polar surface area (TPSA) is 36.9 Å². The van der Waals surface area contributed by atoms with E-state index in [0.717, 1.165) is 0 Å². The zero-order valence-corrected chi connectivity index (χ0v) is 6.34. The molecule has 1 heterocycles. The van der Waals surface area contributed by atoms with Gasteiger partial charge in [0.05, 0.1) is 11.6 Å². The second-order valence-corrected chi connectivity index (χ2v) is 2.49. The summed E-state index contributed by atoms with van der Waals surface area (Å²) in [5.41, 5.74) is -0.304.